The van der Waals surface area contributed by atoms with Crippen molar-refractivity contribution in [2.45, 2.75) is 26.9 Å². The molecule has 0 unspecified atom stereocenters. The average molecular weight is 484 g/mol. The highest BCUT2D eigenvalue weighted by Gasteiger charge is 2.09. The van der Waals surface area contributed by atoms with Crippen LogP contribution in [0.4, 0.5) is 5.69 Å². The lowest BCUT2D eigenvalue weighted by molar-refractivity contribution is -0.126. The number of hydrogen-bond donors (Lipinski definition) is 2. The number of amides is 2. The van der Waals surface area contributed by atoms with E-state index >= 15 is 0 Å². The van der Waals surface area contributed by atoms with Crippen LogP contribution in [0.3, 0.4) is 0 Å². The summed E-state index contributed by atoms with van der Waals surface area (Å²) in [6.07, 6.45) is 1.16. The lowest BCUT2D eigenvalue weighted by Crippen LogP contribution is -2.24. The molecule has 0 atom stereocenters. The molecule has 170 valence electrons. The monoisotopic (exact) mass is 483 g/mol. The third-order valence-electron chi connectivity index (χ3n) is 4.80. The molecule has 0 fully saturated rings. The molecule has 33 heavy (non-hydrogen) atoms. The first-order valence-electron chi connectivity index (χ1n) is 10.2. The fourth-order valence-electron chi connectivity index (χ4n) is 2.84. The summed E-state index contributed by atoms with van der Waals surface area (Å²) < 4.78 is 5.73. The van der Waals surface area contributed by atoms with Gasteiger partial charge in [0.2, 0.25) is 11.8 Å². The summed E-state index contributed by atoms with van der Waals surface area (Å²) in [5.41, 5.74) is 6.78. The van der Waals surface area contributed by atoms with Crippen molar-refractivity contribution in [1.82, 2.24) is 5.43 Å². The molecule has 0 radical (unpaired) electrons. The first-order chi connectivity index (χ1) is 15.8. The quantitative estimate of drug-likeness (QED) is 0.246. The number of aryl methyl sites for hydroxylation is 2. The summed E-state index contributed by atoms with van der Waals surface area (Å²) in [5, 5.41) is 7.72. The fraction of sp³-hybridized carbons (Fsp3) is 0.160. The summed E-state index contributed by atoms with van der Waals surface area (Å²) in [6.45, 7) is 4.26. The molecule has 8 heteroatoms. The molecule has 3 aromatic rings. The Hall–Kier alpha value is -3.35. The number of carbonyl (C=O) groups excluding carboxylic acids is 2. The summed E-state index contributed by atoms with van der Waals surface area (Å²) in [6, 6.07) is 18.0. The number of carbonyl (C=O) groups is 2. The minimum absolute atomic E-state index is 0.309. The molecule has 3 aromatic carbocycles. The van der Waals surface area contributed by atoms with Crippen molar-refractivity contribution in [3.8, 4) is 5.75 Å². The highest BCUT2D eigenvalue weighted by molar-refractivity contribution is 6.35. The number of nitrogens with zero attached hydrogens (tertiary/aromatic N) is 1. The van der Waals surface area contributed by atoms with Crippen LogP contribution in [0.1, 0.15) is 28.7 Å². The van der Waals surface area contributed by atoms with E-state index in [2.05, 4.69) is 15.8 Å². The van der Waals surface area contributed by atoms with Gasteiger partial charge >= 0.3 is 0 Å². The van der Waals surface area contributed by atoms with E-state index in [4.69, 9.17) is 27.9 Å². The lowest BCUT2D eigenvalue weighted by Gasteiger charge is -2.08. The Balaban J connectivity index is 1.44. The van der Waals surface area contributed by atoms with Crippen LogP contribution in [0.15, 0.2) is 65.8 Å². The molecule has 0 aliphatic rings. The van der Waals surface area contributed by atoms with E-state index in [0.717, 1.165) is 22.3 Å². The van der Waals surface area contributed by atoms with Crippen LogP contribution < -0.4 is 15.5 Å². The van der Waals surface area contributed by atoms with Crippen molar-refractivity contribution in [3.63, 3.8) is 0 Å². The van der Waals surface area contributed by atoms with E-state index in [0.29, 0.717) is 28.1 Å². The highest BCUT2D eigenvalue weighted by Crippen LogP contribution is 2.22. The number of hydrazone groups is 1. The van der Waals surface area contributed by atoms with Crippen molar-refractivity contribution in [2.75, 3.05) is 5.32 Å². The number of benzene rings is 3. The van der Waals surface area contributed by atoms with Crippen LogP contribution in [0.5, 0.6) is 5.75 Å². The van der Waals surface area contributed by atoms with E-state index in [9.17, 15) is 9.59 Å². The Labute approximate surface area is 202 Å². The number of rotatable bonds is 8. The molecule has 0 aliphatic carbocycles. The second-order valence-electron chi connectivity index (χ2n) is 7.41. The van der Waals surface area contributed by atoms with Gasteiger partial charge in [-0.2, -0.15) is 5.10 Å². The van der Waals surface area contributed by atoms with Crippen LogP contribution >= 0.6 is 23.2 Å². The Morgan fingerprint density at radius 2 is 1.70 bits per heavy atom. The van der Waals surface area contributed by atoms with Gasteiger partial charge in [-0.05, 0) is 79.1 Å². The Bertz CT molecular complexity index is 1180. The highest BCUT2D eigenvalue weighted by atomic mass is 35.5. The Kier molecular flexibility index (Phi) is 8.46. The van der Waals surface area contributed by atoms with Crippen molar-refractivity contribution in [3.05, 3.63) is 93.0 Å². The zero-order chi connectivity index (χ0) is 23.8. The molecular formula is C25H23Cl2N3O3. The third kappa shape index (κ3) is 7.63. The molecule has 3 rings (SSSR count). The molecule has 0 aliphatic heterocycles. The normalized spacial score (nSPS) is 10.8. The van der Waals surface area contributed by atoms with Crippen molar-refractivity contribution in [1.29, 1.82) is 0 Å². The summed E-state index contributed by atoms with van der Waals surface area (Å²) in [7, 11) is 0. The maximum Gasteiger partial charge on any atom is 0.249 e. The minimum atomic E-state index is -0.507. The van der Waals surface area contributed by atoms with Crippen LogP contribution in [0.25, 0.3) is 0 Å². The number of nitrogens with one attached hydrogen (secondary N) is 2. The largest absolute Gasteiger partial charge is 0.489 e. The predicted molar refractivity (Wildman–Crippen MR) is 132 cm³/mol. The maximum atomic E-state index is 12.0. The molecule has 0 bridgehead atoms. The topological polar surface area (TPSA) is 79.8 Å². The van der Waals surface area contributed by atoms with E-state index in [1.807, 2.05) is 32.0 Å². The Morgan fingerprint density at radius 3 is 2.39 bits per heavy atom. The van der Waals surface area contributed by atoms with Gasteiger partial charge in [0.1, 0.15) is 18.8 Å². The van der Waals surface area contributed by atoms with E-state index in [-0.39, 0.29) is 6.42 Å². The molecule has 0 saturated heterocycles. The van der Waals surface area contributed by atoms with Gasteiger partial charge in [0.25, 0.3) is 0 Å². The van der Waals surface area contributed by atoms with Crippen LogP contribution in [-0.2, 0) is 16.2 Å². The number of anilines is 1. The molecule has 2 N–H and O–H groups in total. The number of halogens is 2. The van der Waals surface area contributed by atoms with E-state index < -0.39 is 11.8 Å². The molecule has 0 saturated carbocycles. The van der Waals surface area contributed by atoms with Crippen molar-refractivity contribution < 1.29 is 14.3 Å². The number of hydrogen-bond acceptors (Lipinski definition) is 4. The van der Waals surface area contributed by atoms with Gasteiger partial charge < -0.3 is 10.1 Å². The second kappa shape index (κ2) is 11.5. The fourth-order valence-corrected chi connectivity index (χ4v) is 3.30. The second-order valence-corrected chi connectivity index (χ2v) is 8.25. The SMILES string of the molecule is Cc1ccc(NC(=O)CC(=O)NN=Cc2ccc(OCc3ccc(Cl)cc3Cl)cc2)cc1C. The minimum Gasteiger partial charge on any atom is -0.489 e. The molecule has 0 spiro atoms. The van der Waals surface area contributed by atoms with Crippen molar-refractivity contribution in [2.24, 2.45) is 5.10 Å². The van der Waals surface area contributed by atoms with Gasteiger partial charge in [-0.15, -0.1) is 0 Å². The first-order valence-corrected chi connectivity index (χ1v) is 10.9. The smallest absolute Gasteiger partial charge is 0.249 e. The third-order valence-corrected chi connectivity index (χ3v) is 5.39. The zero-order valence-electron chi connectivity index (χ0n) is 18.2. The average Bonchev–Trinajstić information content (AvgIpc) is 2.76. The van der Waals surface area contributed by atoms with Crippen LogP contribution in [0, 0.1) is 13.8 Å². The number of ether oxygens (including phenoxy) is 1. The molecular weight excluding hydrogens is 461 g/mol. The Morgan fingerprint density at radius 1 is 0.939 bits per heavy atom. The predicted octanol–water partition coefficient (Wildman–Crippen LogP) is 5.67. The molecule has 0 heterocycles. The van der Waals surface area contributed by atoms with Gasteiger partial charge in [-0.3, -0.25) is 9.59 Å². The van der Waals surface area contributed by atoms with Crippen LogP contribution in [0.2, 0.25) is 10.0 Å². The van der Waals surface area contributed by atoms with E-state index in [1.165, 1.54) is 6.21 Å². The van der Waals surface area contributed by atoms with Gasteiger partial charge in [0, 0.05) is 21.3 Å². The van der Waals surface area contributed by atoms with Gasteiger partial charge in [-0.1, -0.05) is 35.3 Å². The van der Waals surface area contributed by atoms with Gasteiger partial charge in [0.05, 0.1) is 6.21 Å². The summed E-state index contributed by atoms with van der Waals surface area (Å²) >= 11 is 12.0. The lowest BCUT2D eigenvalue weighted by atomic mass is 10.1. The maximum absolute atomic E-state index is 12.0. The zero-order valence-corrected chi connectivity index (χ0v) is 19.7. The van der Waals surface area contributed by atoms with Crippen molar-refractivity contribution >= 4 is 46.9 Å². The first kappa shape index (κ1) is 24.3. The van der Waals surface area contributed by atoms with Gasteiger partial charge in [-0.25, -0.2) is 5.43 Å². The molecule has 0 aromatic heterocycles. The standard InChI is InChI=1S/C25H23Cl2N3O3/c1-16-3-8-21(11-17(16)2)29-24(31)13-25(32)30-28-14-18-4-9-22(10-5-18)33-15-19-6-7-20(26)12-23(19)27/h3-12,14H,13,15H2,1-2H3,(H,29,31)(H,30,32). The van der Waals surface area contributed by atoms with Gasteiger partial charge in [0.15, 0.2) is 0 Å². The summed E-state index contributed by atoms with van der Waals surface area (Å²) in [4.78, 5) is 24.0. The molecule has 2 amide bonds. The van der Waals surface area contributed by atoms with E-state index in [1.54, 1.807) is 42.5 Å². The summed E-state index contributed by atoms with van der Waals surface area (Å²) in [5.74, 6) is -0.258. The van der Waals surface area contributed by atoms with Crippen LogP contribution in [-0.4, -0.2) is 18.0 Å². The molecule has 6 nitrogen and oxygen atoms in total.